The molecule has 4 heterocycles. The quantitative estimate of drug-likeness (QED) is 0.146. The third-order valence-corrected chi connectivity index (χ3v) is 12.5. The Bertz CT molecular complexity index is 2250. The number of benzene rings is 4. The van der Waals surface area contributed by atoms with Gasteiger partial charge in [-0.25, -0.2) is 0 Å². The van der Waals surface area contributed by atoms with Crippen molar-refractivity contribution in [2.75, 3.05) is 55.2 Å². The van der Waals surface area contributed by atoms with Gasteiger partial charge < -0.3 is 67.8 Å². The number of carbonyl (C=O) groups excluding carboxylic acids is 2. The monoisotopic (exact) mass is 915 g/mol. The van der Waals surface area contributed by atoms with Crippen LogP contribution in [-0.2, 0) is 54.8 Å². The van der Waals surface area contributed by atoms with Crippen LogP contribution in [0, 0.1) is 23.7 Å². The predicted molar refractivity (Wildman–Crippen MR) is 207 cm³/mol. The molecule has 335 valence electrons. The zero-order valence-corrected chi connectivity index (χ0v) is 35.5. The molecule has 2 saturated heterocycles. The van der Waals surface area contributed by atoms with Crippen LogP contribution in [0.3, 0.4) is 0 Å². The van der Waals surface area contributed by atoms with E-state index in [1.165, 1.54) is 28.4 Å². The molecular formula is C44H44MnO18. The van der Waals surface area contributed by atoms with Crippen LogP contribution >= 0.6 is 0 Å². The number of hydrogen-bond donors (Lipinski definition) is 4. The third kappa shape index (κ3) is 7.51. The number of methoxy groups -OCH3 is 4. The van der Waals surface area contributed by atoms with Crippen molar-refractivity contribution in [3.05, 3.63) is 93.0 Å². The molecule has 0 spiro atoms. The number of esters is 2. The first-order chi connectivity index (χ1) is 30.5. The fraction of sp³-hybridized carbons (Fsp3) is 0.409. The maximum atomic E-state index is 12.7. The number of carbonyl (C=O) groups is 2. The molecule has 63 heavy (non-hydrogen) atoms. The van der Waals surface area contributed by atoms with Gasteiger partial charge in [0, 0.05) is 34.8 Å². The molecule has 0 bridgehead atoms. The summed E-state index contributed by atoms with van der Waals surface area (Å²) in [6.07, 6.45) is -1.72. The second kappa shape index (κ2) is 18.1. The van der Waals surface area contributed by atoms with E-state index in [4.69, 9.17) is 55.0 Å². The van der Waals surface area contributed by atoms with Gasteiger partial charge in [-0.05, 0) is 81.9 Å². The fourth-order valence-corrected chi connectivity index (χ4v) is 9.80. The van der Waals surface area contributed by atoms with E-state index in [-0.39, 0.29) is 63.8 Å². The Kier molecular flexibility index (Phi) is 12.6. The van der Waals surface area contributed by atoms with Gasteiger partial charge in [0.15, 0.2) is 46.0 Å². The second-order valence-electron chi connectivity index (χ2n) is 15.4. The first-order valence-corrected chi connectivity index (χ1v) is 20.7. The van der Waals surface area contributed by atoms with Crippen LogP contribution in [0.25, 0.3) is 0 Å². The van der Waals surface area contributed by atoms with E-state index in [0.29, 0.717) is 68.2 Å². The molecule has 0 saturated carbocycles. The van der Waals surface area contributed by atoms with Crippen LogP contribution in [0.15, 0.2) is 48.5 Å². The number of ether oxygens (including phenoxy) is 10. The van der Waals surface area contributed by atoms with Crippen molar-refractivity contribution in [2.45, 2.75) is 37.3 Å². The van der Waals surface area contributed by atoms with Crippen LogP contribution < -0.4 is 37.9 Å². The molecule has 2 aliphatic carbocycles. The summed E-state index contributed by atoms with van der Waals surface area (Å²) < 4.78 is 71.3. The number of fused-ring (bicyclic) bond motifs is 6. The fourth-order valence-electron chi connectivity index (χ4n) is 9.80. The van der Waals surface area contributed by atoms with Crippen LogP contribution in [0.1, 0.15) is 68.6 Å². The minimum atomic E-state index is -1.44. The summed E-state index contributed by atoms with van der Waals surface area (Å²) in [5.41, 5.74) is 5.51. The van der Waals surface area contributed by atoms with Gasteiger partial charge in [-0.1, -0.05) is 0 Å². The van der Waals surface area contributed by atoms with Crippen molar-refractivity contribution in [2.24, 2.45) is 23.7 Å². The van der Waals surface area contributed by atoms with E-state index < -0.39 is 50.7 Å². The Morgan fingerprint density at radius 3 is 1.21 bits per heavy atom. The molecule has 0 unspecified atom stereocenters. The number of rotatable bonds is 8. The summed E-state index contributed by atoms with van der Waals surface area (Å²) in [4.78, 5) is 25.4. The van der Waals surface area contributed by atoms with Crippen molar-refractivity contribution in [1.82, 2.24) is 0 Å². The summed E-state index contributed by atoms with van der Waals surface area (Å²) in [7, 11) is 6.06. The van der Waals surface area contributed by atoms with Crippen molar-refractivity contribution >= 4 is 11.9 Å². The Labute approximate surface area is 366 Å². The van der Waals surface area contributed by atoms with Gasteiger partial charge in [0.1, 0.15) is 0 Å². The molecule has 2 fully saturated rings. The van der Waals surface area contributed by atoms with Gasteiger partial charge in [0.25, 0.3) is 0 Å². The van der Waals surface area contributed by atoms with Gasteiger partial charge in [-0.15, -0.1) is 0 Å². The summed E-state index contributed by atoms with van der Waals surface area (Å²) in [6.45, 7) is 0.00666. The van der Waals surface area contributed by atoms with Crippen LogP contribution in [0.2, 0.25) is 0 Å². The van der Waals surface area contributed by atoms with Gasteiger partial charge in [-0.2, -0.15) is 0 Å². The standard InChI is InChI=1S/2C22H22O8.Mn.2O/c2*1-26-17-4-10(3-11(7-23)21(17)27-2)18-12-5-15-16(30-9-29-15)6-13(12)20(24)14-8-28-22(25)19(14)18;;;/h2*3-6,14,18-20,23-24H,7-9H2,1-2H3;;;/t2*14-,18+,19-,20-;;;/m00.../s1. The Morgan fingerprint density at radius 1 is 0.540 bits per heavy atom. The molecule has 6 aliphatic rings. The molecule has 0 radical (unpaired) electrons. The molecule has 4 N–H and O–H groups in total. The molecule has 4 aromatic rings. The van der Waals surface area contributed by atoms with Crippen LogP contribution in [-0.4, -0.2) is 87.6 Å². The average molecular weight is 916 g/mol. The molecule has 0 amide bonds. The molecule has 10 rings (SSSR count). The zero-order valence-electron chi connectivity index (χ0n) is 34.4. The zero-order chi connectivity index (χ0) is 44.7. The Hall–Kier alpha value is -5.82. The van der Waals surface area contributed by atoms with Crippen LogP contribution in [0.4, 0.5) is 0 Å². The molecule has 4 aliphatic heterocycles. The van der Waals surface area contributed by atoms with E-state index in [1.54, 1.807) is 36.4 Å². The molecule has 19 heteroatoms. The Morgan fingerprint density at radius 2 is 0.889 bits per heavy atom. The SMILES string of the molecule is COc1cc([C@@H]2c3cc4c(cc3[C@H](O)[C@H]3COC(=O)[C@H]23)OCO4)cc(CO)c1OC.COc1cc([C@@H]2c3cc4c(cc3[C@H](O)[C@H]3COC(=O)[C@H]23)OCO4)cc(CO)c1OC.[O]=[Mn]=[O]. The molecule has 8 atom stereocenters. The minimum absolute atomic E-state index is 0.110. The number of aliphatic hydroxyl groups is 4. The normalized spacial score (nSPS) is 25.0. The molecular weight excluding hydrogens is 871 g/mol. The van der Waals surface area contributed by atoms with E-state index in [2.05, 4.69) is 0 Å². The summed E-state index contributed by atoms with van der Waals surface area (Å²) in [5, 5.41) is 41.8. The molecule has 18 nitrogen and oxygen atoms in total. The Balaban J connectivity index is 0.000000163. The van der Waals surface area contributed by atoms with Crippen molar-refractivity contribution < 1.29 is 99.9 Å². The summed E-state index contributed by atoms with van der Waals surface area (Å²) in [6, 6.07) is 14.4. The summed E-state index contributed by atoms with van der Waals surface area (Å²) >= 11 is -1.44. The first-order valence-electron chi connectivity index (χ1n) is 19.7. The number of hydrogen-bond acceptors (Lipinski definition) is 18. The van der Waals surface area contributed by atoms with Gasteiger partial charge >= 0.3 is 34.4 Å². The molecule has 4 aromatic carbocycles. The number of cyclic esters (lactones) is 2. The van der Waals surface area contributed by atoms with E-state index in [9.17, 15) is 30.0 Å². The number of aliphatic hydroxyl groups excluding tert-OH is 4. The van der Waals surface area contributed by atoms with Crippen molar-refractivity contribution in [3.63, 3.8) is 0 Å². The van der Waals surface area contributed by atoms with Gasteiger partial charge in [0.2, 0.25) is 13.6 Å². The van der Waals surface area contributed by atoms with E-state index in [1.807, 2.05) is 12.1 Å². The van der Waals surface area contributed by atoms with Crippen molar-refractivity contribution in [1.29, 1.82) is 0 Å². The summed E-state index contributed by atoms with van der Waals surface area (Å²) in [5.74, 6) is 0.607. The van der Waals surface area contributed by atoms with Gasteiger partial charge in [-0.3, -0.25) is 9.59 Å². The maximum absolute atomic E-state index is 12.7. The predicted octanol–water partition coefficient (Wildman–Crippen LogP) is 3.55. The van der Waals surface area contributed by atoms with Crippen LogP contribution in [0.5, 0.6) is 46.0 Å². The van der Waals surface area contributed by atoms with Crippen molar-refractivity contribution in [3.8, 4) is 46.0 Å². The topological polar surface area (TPSA) is 241 Å². The van der Waals surface area contributed by atoms with E-state index in [0.717, 1.165) is 22.3 Å². The van der Waals surface area contributed by atoms with E-state index >= 15 is 0 Å². The molecule has 0 aromatic heterocycles. The third-order valence-electron chi connectivity index (χ3n) is 12.5. The first kappa shape index (κ1) is 43.8. The van der Waals surface area contributed by atoms with Gasteiger partial charge in [0.05, 0.1) is 78.9 Å². The second-order valence-corrected chi connectivity index (χ2v) is 15.6. The average Bonchev–Trinajstić information content (AvgIpc) is 4.13.